The maximum absolute atomic E-state index is 11.5. The highest BCUT2D eigenvalue weighted by Crippen LogP contribution is 2.16. The smallest absolute Gasteiger partial charge is 0.222 e. The van der Waals surface area contributed by atoms with E-state index in [-0.39, 0.29) is 35.8 Å². The lowest BCUT2D eigenvalue weighted by Gasteiger charge is -2.22. The van der Waals surface area contributed by atoms with Gasteiger partial charge in [0.1, 0.15) is 12.4 Å². The Balaban J connectivity index is 0.00000625. The SMILES string of the molecule is CCNC(=NCCNC(=O)C(C)C)N(C)CCOc1cccc(Cl)c1.I. The molecule has 2 N–H and O–H groups in total. The number of guanidine groups is 1. The first kappa shape index (κ1) is 24.8. The predicted octanol–water partition coefficient (Wildman–Crippen LogP) is 3.01. The maximum Gasteiger partial charge on any atom is 0.222 e. The van der Waals surface area contributed by atoms with Crippen LogP contribution in [-0.2, 0) is 4.79 Å². The molecule has 0 bridgehead atoms. The maximum atomic E-state index is 11.5. The zero-order valence-electron chi connectivity index (χ0n) is 15.9. The monoisotopic (exact) mass is 496 g/mol. The van der Waals surface area contributed by atoms with E-state index in [4.69, 9.17) is 16.3 Å². The van der Waals surface area contributed by atoms with Crippen LogP contribution in [0, 0.1) is 5.92 Å². The molecule has 0 aromatic heterocycles. The van der Waals surface area contributed by atoms with Crippen LogP contribution in [0.5, 0.6) is 5.75 Å². The summed E-state index contributed by atoms with van der Waals surface area (Å²) in [5.74, 6) is 1.57. The summed E-state index contributed by atoms with van der Waals surface area (Å²) >= 11 is 5.94. The van der Waals surface area contributed by atoms with Crippen LogP contribution in [0.15, 0.2) is 29.3 Å². The summed E-state index contributed by atoms with van der Waals surface area (Å²) in [6.45, 7) is 8.79. The normalized spacial score (nSPS) is 10.9. The molecule has 0 fully saturated rings. The Kier molecular flexibility index (Phi) is 13.3. The van der Waals surface area contributed by atoms with Crippen molar-refractivity contribution in [1.82, 2.24) is 15.5 Å². The van der Waals surface area contributed by atoms with Gasteiger partial charge in [0.25, 0.3) is 0 Å². The molecule has 0 saturated heterocycles. The third-order valence-corrected chi connectivity index (χ3v) is 3.62. The van der Waals surface area contributed by atoms with Gasteiger partial charge in [-0.1, -0.05) is 31.5 Å². The zero-order chi connectivity index (χ0) is 18.7. The molecule has 1 aromatic rings. The molecule has 0 atom stereocenters. The number of carbonyl (C=O) groups is 1. The first-order valence-electron chi connectivity index (χ1n) is 8.59. The molecule has 1 amide bonds. The van der Waals surface area contributed by atoms with Crippen molar-refractivity contribution in [3.63, 3.8) is 0 Å². The Hall–Kier alpha value is -1.22. The number of carbonyl (C=O) groups excluding carboxylic acids is 1. The van der Waals surface area contributed by atoms with Crippen LogP contribution in [-0.4, -0.2) is 56.6 Å². The predicted molar refractivity (Wildman–Crippen MR) is 119 cm³/mol. The van der Waals surface area contributed by atoms with Crippen molar-refractivity contribution in [2.24, 2.45) is 10.9 Å². The van der Waals surface area contributed by atoms with Crippen LogP contribution in [0.1, 0.15) is 20.8 Å². The number of rotatable bonds is 9. The Morgan fingerprint density at radius 2 is 2.08 bits per heavy atom. The molecule has 8 heteroatoms. The van der Waals surface area contributed by atoms with Crippen LogP contribution in [0.3, 0.4) is 0 Å². The van der Waals surface area contributed by atoms with Crippen LogP contribution < -0.4 is 15.4 Å². The molecular formula is C18H30ClIN4O2. The molecule has 0 radical (unpaired) electrons. The number of hydrogen-bond donors (Lipinski definition) is 2. The number of amides is 1. The summed E-state index contributed by atoms with van der Waals surface area (Å²) in [7, 11) is 1.95. The molecule has 0 aliphatic heterocycles. The lowest BCUT2D eigenvalue weighted by Crippen LogP contribution is -2.41. The molecule has 0 unspecified atom stereocenters. The average Bonchev–Trinajstić information content (AvgIpc) is 2.57. The van der Waals surface area contributed by atoms with E-state index in [1.807, 2.05) is 50.9 Å². The standard InChI is InChI=1S/C18H29ClN4O2.HI/c1-5-20-18(22-10-9-21-17(24)14(2)3)23(4)11-12-25-16-8-6-7-15(19)13-16;/h6-8,13-14H,5,9-12H2,1-4H3,(H,20,22)(H,21,24);1H. The average molecular weight is 497 g/mol. The Labute approximate surface area is 178 Å². The molecule has 6 nitrogen and oxygen atoms in total. The van der Waals surface area contributed by atoms with Crippen molar-refractivity contribution in [3.05, 3.63) is 29.3 Å². The van der Waals surface area contributed by atoms with E-state index in [9.17, 15) is 4.79 Å². The minimum atomic E-state index is -0.0106. The van der Waals surface area contributed by atoms with E-state index in [1.54, 1.807) is 6.07 Å². The lowest BCUT2D eigenvalue weighted by atomic mass is 10.2. The molecule has 1 rings (SSSR count). The van der Waals surface area contributed by atoms with Crippen molar-refractivity contribution in [2.45, 2.75) is 20.8 Å². The molecule has 148 valence electrons. The summed E-state index contributed by atoms with van der Waals surface area (Å²) < 4.78 is 5.70. The number of aliphatic imine (C=N–C) groups is 1. The molecule has 0 saturated carbocycles. The van der Waals surface area contributed by atoms with Gasteiger partial charge in [0.2, 0.25) is 5.91 Å². The number of halogens is 2. The van der Waals surface area contributed by atoms with Crippen molar-refractivity contribution in [1.29, 1.82) is 0 Å². The molecule has 0 aliphatic rings. The number of nitrogens with zero attached hydrogens (tertiary/aromatic N) is 2. The number of hydrogen-bond acceptors (Lipinski definition) is 3. The third-order valence-electron chi connectivity index (χ3n) is 3.38. The van der Waals surface area contributed by atoms with Gasteiger partial charge in [-0.15, -0.1) is 24.0 Å². The van der Waals surface area contributed by atoms with Crippen molar-refractivity contribution in [2.75, 3.05) is 39.8 Å². The van der Waals surface area contributed by atoms with Crippen molar-refractivity contribution in [3.8, 4) is 5.75 Å². The van der Waals surface area contributed by atoms with E-state index >= 15 is 0 Å². The second-order valence-electron chi connectivity index (χ2n) is 5.91. The molecular weight excluding hydrogens is 467 g/mol. The molecule has 0 spiro atoms. The number of nitrogens with one attached hydrogen (secondary N) is 2. The van der Waals surface area contributed by atoms with Crippen LogP contribution in [0.2, 0.25) is 5.02 Å². The topological polar surface area (TPSA) is 66.0 Å². The van der Waals surface area contributed by atoms with E-state index < -0.39 is 0 Å². The second-order valence-corrected chi connectivity index (χ2v) is 6.35. The number of likely N-dealkylation sites (N-methyl/N-ethyl adjacent to an activating group) is 1. The first-order valence-corrected chi connectivity index (χ1v) is 8.97. The van der Waals surface area contributed by atoms with Gasteiger partial charge < -0.3 is 20.3 Å². The van der Waals surface area contributed by atoms with Gasteiger partial charge in [-0.25, -0.2) is 0 Å². The molecule has 1 aromatic carbocycles. The highest BCUT2D eigenvalue weighted by Gasteiger charge is 2.07. The molecule has 0 heterocycles. The summed E-state index contributed by atoms with van der Waals surface area (Å²) in [5.41, 5.74) is 0. The Morgan fingerprint density at radius 1 is 1.35 bits per heavy atom. The van der Waals surface area contributed by atoms with Crippen LogP contribution in [0.4, 0.5) is 0 Å². The van der Waals surface area contributed by atoms with Gasteiger partial charge in [0.15, 0.2) is 5.96 Å². The third kappa shape index (κ3) is 10.1. The second kappa shape index (κ2) is 13.9. The summed E-state index contributed by atoms with van der Waals surface area (Å²) in [5, 5.41) is 6.75. The fourth-order valence-corrected chi connectivity index (χ4v) is 2.16. The highest BCUT2D eigenvalue weighted by atomic mass is 127. The Morgan fingerprint density at radius 3 is 2.69 bits per heavy atom. The minimum Gasteiger partial charge on any atom is -0.492 e. The largest absolute Gasteiger partial charge is 0.492 e. The quantitative estimate of drug-likeness (QED) is 0.239. The van der Waals surface area contributed by atoms with E-state index in [1.165, 1.54) is 0 Å². The summed E-state index contributed by atoms with van der Waals surface area (Å²) in [6, 6.07) is 7.34. The number of benzene rings is 1. The van der Waals surface area contributed by atoms with Gasteiger partial charge in [0, 0.05) is 31.1 Å². The van der Waals surface area contributed by atoms with Crippen LogP contribution >= 0.6 is 35.6 Å². The first-order chi connectivity index (χ1) is 11.9. The van der Waals surface area contributed by atoms with E-state index in [0.717, 1.165) is 18.3 Å². The fraction of sp³-hybridized carbons (Fsp3) is 0.556. The van der Waals surface area contributed by atoms with Crippen molar-refractivity contribution < 1.29 is 9.53 Å². The summed E-state index contributed by atoms with van der Waals surface area (Å²) in [6.07, 6.45) is 0. The van der Waals surface area contributed by atoms with Crippen molar-refractivity contribution >= 4 is 47.4 Å². The van der Waals surface area contributed by atoms with Gasteiger partial charge in [-0.2, -0.15) is 0 Å². The minimum absolute atomic E-state index is 0. The van der Waals surface area contributed by atoms with Gasteiger partial charge >= 0.3 is 0 Å². The molecule has 26 heavy (non-hydrogen) atoms. The Bertz CT molecular complexity index is 570. The van der Waals surface area contributed by atoms with E-state index in [0.29, 0.717) is 31.3 Å². The van der Waals surface area contributed by atoms with Gasteiger partial charge in [-0.05, 0) is 25.1 Å². The fourth-order valence-electron chi connectivity index (χ4n) is 1.98. The molecule has 0 aliphatic carbocycles. The lowest BCUT2D eigenvalue weighted by molar-refractivity contribution is -0.123. The number of ether oxygens (including phenoxy) is 1. The van der Waals surface area contributed by atoms with Crippen LogP contribution in [0.25, 0.3) is 0 Å². The highest BCUT2D eigenvalue weighted by molar-refractivity contribution is 14.0. The van der Waals surface area contributed by atoms with Gasteiger partial charge in [-0.3, -0.25) is 9.79 Å². The summed E-state index contributed by atoms with van der Waals surface area (Å²) in [4.78, 5) is 18.1. The van der Waals surface area contributed by atoms with Gasteiger partial charge in [0.05, 0.1) is 13.1 Å². The van der Waals surface area contributed by atoms with E-state index in [2.05, 4.69) is 15.6 Å². The zero-order valence-corrected chi connectivity index (χ0v) is 19.0.